The number of hydrogen-bond donors (Lipinski definition) is 2. The lowest BCUT2D eigenvalue weighted by Crippen LogP contribution is -2.49. The van der Waals surface area contributed by atoms with Crippen molar-refractivity contribution in [3.8, 4) is 0 Å². The van der Waals surface area contributed by atoms with E-state index in [1.54, 1.807) is 4.68 Å². The maximum absolute atomic E-state index is 13.0. The van der Waals surface area contributed by atoms with Gasteiger partial charge < -0.3 is 15.2 Å². The first-order valence-corrected chi connectivity index (χ1v) is 11.2. The van der Waals surface area contributed by atoms with Crippen LogP contribution in [0.15, 0.2) is 59.4 Å². The van der Waals surface area contributed by atoms with Gasteiger partial charge in [-0.25, -0.2) is 4.98 Å². The maximum atomic E-state index is 13.0. The van der Waals surface area contributed by atoms with Gasteiger partial charge in [-0.3, -0.25) is 14.5 Å². The molecule has 0 spiro atoms. The van der Waals surface area contributed by atoms with Gasteiger partial charge in [-0.05, 0) is 43.0 Å². The highest BCUT2D eigenvalue weighted by Gasteiger charge is 2.26. The van der Waals surface area contributed by atoms with Crippen LogP contribution in [-0.4, -0.2) is 57.4 Å². The lowest BCUT2D eigenvalue weighted by molar-refractivity contribution is -0.0140. The van der Waals surface area contributed by atoms with Crippen LogP contribution in [0.4, 0.5) is 0 Å². The Kier molecular flexibility index (Phi) is 6.02. The van der Waals surface area contributed by atoms with E-state index in [1.807, 2.05) is 56.0 Å². The second kappa shape index (κ2) is 9.25. The lowest BCUT2D eigenvalue weighted by Gasteiger charge is -2.28. The number of allylic oxidation sites excluding steroid dienone is 1. The molecule has 170 valence electrons. The lowest BCUT2D eigenvalue weighted by atomic mass is 9.92. The van der Waals surface area contributed by atoms with Crippen LogP contribution in [0, 0.1) is 0 Å². The molecule has 2 aliphatic heterocycles. The van der Waals surface area contributed by atoms with Gasteiger partial charge in [-0.2, -0.15) is 5.10 Å². The topological polar surface area (TPSA) is 102 Å². The van der Waals surface area contributed by atoms with E-state index in [-0.39, 0.29) is 11.9 Å². The van der Waals surface area contributed by atoms with Crippen molar-refractivity contribution in [3.63, 3.8) is 0 Å². The maximum Gasteiger partial charge on any atom is 0.270 e. The van der Waals surface area contributed by atoms with E-state index in [2.05, 4.69) is 26.5 Å². The Bertz CT molecular complexity index is 1230. The van der Waals surface area contributed by atoms with Gasteiger partial charge in [0.1, 0.15) is 5.69 Å². The molecule has 3 aromatic rings. The van der Waals surface area contributed by atoms with Crippen LogP contribution in [0.3, 0.4) is 0 Å². The highest BCUT2D eigenvalue weighted by atomic mass is 16.5. The quantitative estimate of drug-likeness (QED) is 0.629. The van der Waals surface area contributed by atoms with Crippen molar-refractivity contribution in [1.82, 2.24) is 20.1 Å². The molecule has 1 aromatic carbocycles. The first kappa shape index (κ1) is 21.5. The molecule has 1 saturated heterocycles. The van der Waals surface area contributed by atoms with Crippen LogP contribution >= 0.6 is 0 Å². The summed E-state index contributed by atoms with van der Waals surface area (Å²) >= 11 is 0. The predicted molar refractivity (Wildman–Crippen MR) is 125 cm³/mol. The molecule has 8 nitrogen and oxygen atoms in total. The number of aliphatic hydroxyl groups excluding tert-OH is 1. The zero-order valence-electron chi connectivity index (χ0n) is 18.5. The van der Waals surface area contributed by atoms with Gasteiger partial charge in [-0.1, -0.05) is 23.8 Å². The molecule has 4 heterocycles. The third-order valence-corrected chi connectivity index (χ3v) is 6.23. The number of nitrogens with one attached hydrogen (secondary N) is 1. The standard InChI is InChI=1S/C25H27N5O3/c1-30-14-18(13-27-30)21-11-16(6-8-26-21)10-17-12-22(28-20-5-3-2-4-19(17)20)25(32)29-23-15-33-9-7-24(23)31/h2-6,8,12-14,21,23-24,31H,7,9-11,15H2,1H3,(H,29,32). The molecular weight excluding hydrogens is 418 g/mol. The van der Waals surface area contributed by atoms with Gasteiger partial charge in [0.2, 0.25) is 0 Å². The van der Waals surface area contributed by atoms with Gasteiger partial charge >= 0.3 is 0 Å². The first-order valence-electron chi connectivity index (χ1n) is 11.2. The van der Waals surface area contributed by atoms with Crippen molar-refractivity contribution >= 4 is 23.0 Å². The van der Waals surface area contributed by atoms with E-state index in [0.29, 0.717) is 31.7 Å². The predicted octanol–water partition coefficient (Wildman–Crippen LogP) is 2.53. The molecule has 0 bridgehead atoms. The highest BCUT2D eigenvalue weighted by molar-refractivity contribution is 5.96. The van der Waals surface area contributed by atoms with Gasteiger partial charge in [0, 0.05) is 37.0 Å². The molecule has 1 fully saturated rings. The minimum atomic E-state index is -0.612. The monoisotopic (exact) mass is 445 g/mol. The molecule has 2 aromatic heterocycles. The number of benzene rings is 1. The van der Waals surface area contributed by atoms with Crippen molar-refractivity contribution in [3.05, 3.63) is 71.2 Å². The number of aliphatic imine (C=N–C) groups is 1. The Labute approximate surface area is 192 Å². The van der Waals surface area contributed by atoms with Crippen molar-refractivity contribution in [1.29, 1.82) is 0 Å². The molecule has 0 radical (unpaired) electrons. The summed E-state index contributed by atoms with van der Waals surface area (Å²) in [7, 11) is 1.90. The molecule has 1 amide bonds. The summed E-state index contributed by atoms with van der Waals surface area (Å²) in [5.74, 6) is -0.302. The smallest absolute Gasteiger partial charge is 0.270 e. The molecular formula is C25H27N5O3. The van der Waals surface area contributed by atoms with E-state index in [9.17, 15) is 9.90 Å². The Hall–Kier alpha value is -3.36. The Morgan fingerprint density at radius 3 is 3.03 bits per heavy atom. The van der Waals surface area contributed by atoms with Gasteiger partial charge in [0.15, 0.2) is 0 Å². The van der Waals surface area contributed by atoms with Gasteiger partial charge in [-0.15, -0.1) is 0 Å². The molecule has 3 unspecified atom stereocenters. The Balaban J connectivity index is 1.40. The highest BCUT2D eigenvalue weighted by Crippen LogP contribution is 2.30. The summed E-state index contributed by atoms with van der Waals surface area (Å²) in [5, 5.41) is 18.4. The van der Waals surface area contributed by atoms with Crippen molar-refractivity contribution in [2.75, 3.05) is 13.2 Å². The molecule has 3 atom stereocenters. The van der Waals surface area contributed by atoms with Crippen molar-refractivity contribution in [2.24, 2.45) is 12.0 Å². The van der Waals surface area contributed by atoms with Crippen LogP contribution in [-0.2, 0) is 18.2 Å². The van der Waals surface area contributed by atoms with Gasteiger partial charge in [0.25, 0.3) is 5.91 Å². The molecule has 8 heteroatoms. The van der Waals surface area contributed by atoms with Crippen molar-refractivity contribution < 1.29 is 14.6 Å². The normalized spacial score (nSPS) is 22.8. The number of aromatic nitrogens is 3. The molecule has 33 heavy (non-hydrogen) atoms. The number of aryl methyl sites for hydroxylation is 1. The largest absolute Gasteiger partial charge is 0.391 e. The fourth-order valence-electron chi connectivity index (χ4n) is 4.43. The number of pyridine rings is 1. The third-order valence-electron chi connectivity index (χ3n) is 6.23. The van der Waals surface area contributed by atoms with Crippen LogP contribution in [0.25, 0.3) is 10.9 Å². The number of fused-ring (bicyclic) bond motifs is 1. The molecule has 5 rings (SSSR count). The first-order chi connectivity index (χ1) is 16.1. The SMILES string of the molecule is Cn1cc(C2CC(Cc3cc(C(=O)NC4COCCC4O)nc4ccccc34)=CC=N2)cn1. The summed E-state index contributed by atoms with van der Waals surface area (Å²) in [4.78, 5) is 22.2. The van der Waals surface area contributed by atoms with E-state index in [0.717, 1.165) is 28.5 Å². The summed E-state index contributed by atoms with van der Waals surface area (Å²) in [6.07, 6.45) is 9.16. The van der Waals surface area contributed by atoms with Crippen LogP contribution in [0.1, 0.15) is 40.5 Å². The summed E-state index contributed by atoms with van der Waals surface area (Å²) < 4.78 is 7.20. The number of para-hydroxylation sites is 1. The third kappa shape index (κ3) is 4.72. The summed E-state index contributed by atoms with van der Waals surface area (Å²) in [5.41, 5.74) is 4.48. The fourth-order valence-corrected chi connectivity index (χ4v) is 4.43. The zero-order valence-corrected chi connectivity index (χ0v) is 18.5. The molecule has 0 saturated carbocycles. The average molecular weight is 446 g/mol. The van der Waals surface area contributed by atoms with Gasteiger partial charge in [0.05, 0.1) is 36.5 Å². The van der Waals surface area contributed by atoms with Crippen LogP contribution in [0.5, 0.6) is 0 Å². The second-order valence-electron chi connectivity index (χ2n) is 8.66. The molecule has 0 aliphatic carbocycles. The summed E-state index contributed by atoms with van der Waals surface area (Å²) in [6, 6.07) is 9.34. The van der Waals surface area contributed by atoms with Crippen molar-refractivity contribution in [2.45, 2.75) is 37.5 Å². The number of amides is 1. The molecule has 2 N–H and O–H groups in total. The minimum absolute atomic E-state index is 0.0439. The number of aliphatic hydroxyl groups is 1. The number of rotatable bonds is 5. The number of dihydropyridines is 1. The number of hydrogen-bond acceptors (Lipinski definition) is 6. The number of ether oxygens (including phenoxy) is 1. The molecule has 2 aliphatic rings. The summed E-state index contributed by atoms with van der Waals surface area (Å²) in [6.45, 7) is 0.805. The number of nitrogens with zero attached hydrogens (tertiary/aromatic N) is 4. The average Bonchev–Trinajstić information content (AvgIpc) is 3.27. The van der Waals surface area contributed by atoms with Crippen LogP contribution < -0.4 is 5.32 Å². The minimum Gasteiger partial charge on any atom is -0.391 e. The Morgan fingerprint density at radius 1 is 1.33 bits per heavy atom. The van der Waals surface area contributed by atoms with E-state index in [1.165, 1.54) is 5.57 Å². The number of carbonyl (C=O) groups excluding carboxylic acids is 1. The number of carbonyl (C=O) groups is 1. The second-order valence-corrected chi connectivity index (χ2v) is 8.66. The fraction of sp³-hybridized carbons (Fsp3) is 0.360. The van der Waals surface area contributed by atoms with E-state index < -0.39 is 12.1 Å². The van der Waals surface area contributed by atoms with Crippen LogP contribution in [0.2, 0.25) is 0 Å². The Morgan fingerprint density at radius 2 is 2.21 bits per heavy atom. The van der Waals surface area contributed by atoms with E-state index in [4.69, 9.17) is 4.74 Å². The zero-order chi connectivity index (χ0) is 22.8. The van der Waals surface area contributed by atoms with E-state index >= 15 is 0 Å².